The number of carbonyl (C=O) groups is 2. The molecule has 7 nitrogen and oxygen atoms in total. The highest BCUT2D eigenvalue weighted by atomic mass is 35.5. The van der Waals surface area contributed by atoms with E-state index in [0.29, 0.717) is 42.3 Å². The van der Waals surface area contributed by atoms with Crippen LogP contribution in [0.1, 0.15) is 73.7 Å². The summed E-state index contributed by atoms with van der Waals surface area (Å²) in [6, 6.07) is 3.27. The second-order valence-electron chi connectivity index (χ2n) is 9.57. The molecule has 2 aromatic rings. The predicted molar refractivity (Wildman–Crippen MR) is 123 cm³/mol. The highest BCUT2D eigenvalue weighted by molar-refractivity contribution is 6.31. The van der Waals surface area contributed by atoms with Crippen molar-refractivity contribution in [1.82, 2.24) is 10.1 Å². The smallest absolute Gasteiger partial charge is 0.355 e. The lowest BCUT2D eigenvalue weighted by molar-refractivity contribution is -0.203. The SMILES string of the molecule is Cc1onc(COc2ccc(Cl)c3c2C(C)N(C(=O)C2CCCC[C@]2(C)C(=O)OF)CC3)c1C. The van der Waals surface area contributed by atoms with Crippen molar-refractivity contribution in [2.75, 3.05) is 6.54 Å². The maximum atomic E-state index is 13.7. The van der Waals surface area contributed by atoms with Crippen molar-refractivity contribution in [1.29, 1.82) is 0 Å². The van der Waals surface area contributed by atoms with Crippen molar-refractivity contribution < 1.29 is 28.3 Å². The average Bonchev–Trinajstić information content (AvgIpc) is 3.15. The van der Waals surface area contributed by atoms with Gasteiger partial charge in [0.2, 0.25) is 5.91 Å². The lowest BCUT2D eigenvalue weighted by atomic mass is 9.66. The van der Waals surface area contributed by atoms with Crippen LogP contribution in [0.2, 0.25) is 5.02 Å². The molecular formula is C25H30ClFN2O5. The van der Waals surface area contributed by atoms with Gasteiger partial charge in [-0.2, -0.15) is 0 Å². The molecule has 0 N–H and O–H groups in total. The van der Waals surface area contributed by atoms with Gasteiger partial charge < -0.3 is 14.2 Å². The van der Waals surface area contributed by atoms with Crippen LogP contribution in [0, 0.1) is 25.2 Å². The second kappa shape index (κ2) is 9.56. The minimum absolute atomic E-state index is 0.167. The Morgan fingerprint density at radius 2 is 2.09 bits per heavy atom. The average molecular weight is 493 g/mol. The summed E-state index contributed by atoms with van der Waals surface area (Å²) in [5.41, 5.74) is 2.25. The van der Waals surface area contributed by atoms with E-state index in [0.717, 1.165) is 35.3 Å². The summed E-state index contributed by atoms with van der Waals surface area (Å²) in [5.74, 6) is -0.415. The van der Waals surface area contributed by atoms with Gasteiger partial charge in [0.1, 0.15) is 23.8 Å². The topological polar surface area (TPSA) is 81.9 Å². The van der Waals surface area contributed by atoms with E-state index in [1.54, 1.807) is 24.0 Å². The Kier molecular flexibility index (Phi) is 6.90. The molecule has 184 valence electrons. The van der Waals surface area contributed by atoms with E-state index in [4.69, 9.17) is 20.9 Å². The largest absolute Gasteiger partial charge is 0.487 e. The first-order valence-corrected chi connectivity index (χ1v) is 12.1. The van der Waals surface area contributed by atoms with E-state index < -0.39 is 17.3 Å². The van der Waals surface area contributed by atoms with Gasteiger partial charge in [0.15, 0.2) is 0 Å². The third-order valence-corrected chi connectivity index (χ3v) is 8.05. The first kappa shape index (κ1) is 24.5. The van der Waals surface area contributed by atoms with E-state index in [1.807, 2.05) is 20.8 Å². The molecule has 0 spiro atoms. The summed E-state index contributed by atoms with van der Waals surface area (Å²) in [7, 11) is 0. The van der Waals surface area contributed by atoms with E-state index in [2.05, 4.69) is 10.1 Å². The van der Waals surface area contributed by atoms with E-state index >= 15 is 0 Å². The van der Waals surface area contributed by atoms with Gasteiger partial charge in [-0.1, -0.05) is 29.6 Å². The zero-order chi connectivity index (χ0) is 24.6. The van der Waals surface area contributed by atoms with Gasteiger partial charge in [-0.3, -0.25) is 9.74 Å². The van der Waals surface area contributed by atoms with Crippen molar-refractivity contribution >= 4 is 23.5 Å². The number of hydrogen-bond acceptors (Lipinski definition) is 6. The van der Waals surface area contributed by atoms with Gasteiger partial charge in [-0.25, -0.2) is 4.79 Å². The molecule has 2 unspecified atom stereocenters. The summed E-state index contributed by atoms with van der Waals surface area (Å²) in [5, 5.41) is 4.68. The molecule has 1 amide bonds. The van der Waals surface area contributed by atoms with E-state index in [9.17, 15) is 14.1 Å². The molecule has 1 saturated carbocycles. The summed E-state index contributed by atoms with van der Waals surface area (Å²) in [6.07, 6.45) is 3.05. The predicted octanol–water partition coefficient (Wildman–Crippen LogP) is 5.59. The molecule has 2 aliphatic rings. The molecule has 0 saturated heterocycles. The minimum Gasteiger partial charge on any atom is -0.487 e. The third-order valence-electron chi connectivity index (χ3n) is 7.69. The highest BCUT2D eigenvalue weighted by Gasteiger charge is 2.50. The molecule has 1 aliphatic carbocycles. The van der Waals surface area contributed by atoms with Gasteiger partial charge in [-0.05, 0) is 64.7 Å². The fraction of sp³-hybridized carbons (Fsp3) is 0.560. The number of halogens is 2. The summed E-state index contributed by atoms with van der Waals surface area (Å²) in [4.78, 5) is 31.4. The summed E-state index contributed by atoms with van der Waals surface area (Å²) in [6.45, 7) is 8.01. The molecule has 1 aliphatic heterocycles. The lowest BCUT2D eigenvalue weighted by Gasteiger charge is -2.43. The van der Waals surface area contributed by atoms with Gasteiger partial charge in [0, 0.05) is 27.2 Å². The quantitative estimate of drug-likeness (QED) is 0.540. The van der Waals surface area contributed by atoms with Crippen molar-refractivity contribution in [2.45, 2.75) is 72.4 Å². The molecule has 1 aromatic carbocycles. The highest BCUT2D eigenvalue weighted by Crippen LogP contribution is 2.46. The van der Waals surface area contributed by atoms with Crippen LogP contribution in [-0.2, 0) is 27.6 Å². The standard InChI is InChI=1S/C25H30ClFN2O5/c1-14-16(3)34-28-20(14)13-32-21-9-8-19(26)17-10-12-29(15(2)22(17)21)23(30)18-7-5-6-11-25(18,4)24(31)33-27/h8-9,15,18H,5-7,10-13H2,1-4H3/t15?,18?,25-/m0/s1. The number of amides is 1. The van der Waals surface area contributed by atoms with Crippen LogP contribution in [0.3, 0.4) is 0 Å². The van der Waals surface area contributed by atoms with Crippen molar-refractivity contribution in [2.24, 2.45) is 11.3 Å². The molecule has 9 heteroatoms. The Hall–Kier alpha value is -2.61. The number of aromatic nitrogens is 1. The second-order valence-corrected chi connectivity index (χ2v) is 9.98. The van der Waals surface area contributed by atoms with Crippen LogP contribution in [0.4, 0.5) is 4.53 Å². The lowest BCUT2D eigenvalue weighted by Crippen LogP contribution is -2.50. The summed E-state index contributed by atoms with van der Waals surface area (Å²) < 4.78 is 24.3. The van der Waals surface area contributed by atoms with Gasteiger partial charge in [-0.15, -0.1) is 0 Å². The van der Waals surface area contributed by atoms with Crippen molar-refractivity contribution in [3.05, 3.63) is 45.3 Å². The van der Waals surface area contributed by atoms with Crippen LogP contribution in [0.15, 0.2) is 16.7 Å². The van der Waals surface area contributed by atoms with Crippen LogP contribution in [-0.4, -0.2) is 28.5 Å². The van der Waals surface area contributed by atoms with Gasteiger partial charge in [0.25, 0.3) is 0 Å². The van der Waals surface area contributed by atoms with E-state index in [1.165, 1.54) is 0 Å². The zero-order valence-electron chi connectivity index (χ0n) is 20.0. The minimum atomic E-state index is -1.18. The number of ether oxygens (including phenoxy) is 1. The molecular weight excluding hydrogens is 463 g/mol. The van der Waals surface area contributed by atoms with E-state index in [-0.39, 0.29) is 18.6 Å². The van der Waals surface area contributed by atoms with Crippen molar-refractivity contribution in [3.8, 4) is 5.75 Å². The molecule has 0 radical (unpaired) electrons. The zero-order valence-corrected chi connectivity index (χ0v) is 20.7. The van der Waals surface area contributed by atoms with Gasteiger partial charge >= 0.3 is 5.97 Å². The first-order valence-electron chi connectivity index (χ1n) is 11.7. The van der Waals surface area contributed by atoms with Crippen LogP contribution >= 0.6 is 11.6 Å². The monoisotopic (exact) mass is 492 g/mol. The first-order chi connectivity index (χ1) is 16.2. The Bertz CT molecular complexity index is 1100. The molecule has 34 heavy (non-hydrogen) atoms. The summed E-state index contributed by atoms with van der Waals surface area (Å²) >= 11 is 6.52. The third kappa shape index (κ3) is 4.17. The number of fused-ring (bicyclic) bond motifs is 1. The van der Waals surface area contributed by atoms with Crippen LogP contribution in [0.25, 0.3) is 0 Å². The normalized spacial score (nSPS) is 24.5. The Labute approximate surface area is 203 Å². The molecule has 1 aromatic heterocycles. The maximum absolute atomic E-state index is 13.7. The maximum Gasteiger partial charge on any atom is 0.355 e. The fourth-order valence-electron chi connectivity index (χ4n) is 5.34. The Morgan fingerprint density at radius 3 is 2.76 bits per heavy atom. The molecule has 3 atom stereocenters. The number of aryl methyl sites for hydroxylation is 1. The fourth-order valence-corrected chi connectivity index (χ4v) is 5.60. The van der Waals surface area contributed by atoms with Crippen LogP contribution < -0.4 is 4.74 Å². The van der Waals surface area contributed by atoms with Crippen molar-refractivity contribution in [3.63, 3.8) is 0 Å². The number of rotatable bonds is 5. The molecule has 2 heterocycles. The molecule has 1 fully saturated rings. The number of nitrogens with zero attached hydrogens (tertiary/aromatic N) is 2. The van der Waals surface area contributed by atoms with Gasteiger partial charge in [0.05, 0.1) is 17.4 Å². The number of carbonyl (C=O) groups excluding carboxylic acids is 2. The number of hydrogen-bond donors (Lipinski definition) is 0. The number of benzene rings is 1. The molecule has 0 bridgehead atoms. The van der Waals surface area contributed by atoms with Crippen LogP contribution in [0.5, 0.6) is 5.75 Å². The Balaban J connectivity index is 1.62. The Morgan fingerprint density at radius 1 is 1.32 bits per heavy atom. The molecule has 4 rings (SSSR count).